The van der Waals surface area contributed by atoms with Crippen LogP contribution in [0, 0.1) is 11.8 Å². The van der Waals surface area contributed by atoms with Crippen LogP contribution < -0.4 is 15.8 Å². The maximum absolute atomic E-state index is 12.1. The lowest BCUT2D eigenvalue weighted by molar-refractivity contribution is 0.441. The molecule has 0 bridgehead atoms. The summed E-state index contributed by atoms with van der Waals surface area (Å²) in [5.74, 6) is 1.31. The van der Waals surface area contributed by atoms with Gasteiger partial charge in [0.2, 0.25) is 0 Å². The molecule has 0 spiro atoms. The minimum atomic E-state index is -0.184. The zero-order chi connectivity index (χ0) is 14.3. The predicted octanol–water partition coefficient (Wildman–Crippen LogP) is 1.35. The Morgan fingerprint density at radius 3 is 2.95 bits per heavy atom. The molecule has 2 aliphatic rings. The number of nitrogens with zero attached hydrogens (tertiary/aromatic N) is 3. The van der Waals surface area contributed by atoms with Crippen LogP contribution in [0.4, 0.5) is 5.69 Å². The lowest BCUT2D eigenvalue weighted by Crippen LogP contribution is -2.37. The van der Waals surface area contributed by atoms with Crippen LogP contribution in [0.5, 0.6) is 0 Å². The minimum absolute atomic E-state index is 0.184. The van der Waals surface area contributed by atoms with Gasteiger partial charge >= 0.3 is 0 Å². The molecule has 2 aliphatic heterocycles. The first-order valence-corrected chi connectivity index (χ1v) is 7.78. The summed E-state index contributed by atoms with van der Waals surface area (Å²) in [5.41, 5.74) is 0.624. The van der Waals surface area contributed by atoms with Gasteiger partial charge in [0, 0.05) is 32.2 Å². The molecule has 3 rings (SSSR count). The van der Waals surface area contributed by atoms with E-state index in [0.29, 0.717) is 29.4 Å². The Kier molecular flexibility index (Phi) is 3.73. The van der Waals surface area contributed by atoms with Crippen molar-refractivity contribution < 1.29 is 0 Å². The molecule has 5 nitrogen and oxygen atoms in total. The Balaban J connectivity index is 1.97. The molecule has 110 valence electrons. The zero-order valence-electron chi connectivity index (χ0n) is 12.0. The van der Waals surface area contributed by atoms with Crippen LogP contribution in [0.1, 0.15) is 20.3 Å². The van der Waals surface area contributed by atoms with Gasteiger partial charge in [-0.25, -0.2) is 4.68 Å². The molecule has 1 aromatic rings. The third-order valence-electron chi connectivity index (χ3n) is 4.71. The Labute approximate surface area is 123 Å². The van der Waals surface area contributed by atoms with Crippen molar-refractivity contribution in [2.45, 2.75) is 32.9 Å². The summed E-state index contributed by atoms with van der Waals surface area (Å²) in [5, 5.41) is 8.00. The highest BCUT2D eigenvalue weighted by Crippen LogP contribution is 2.38. The highest BCUT2D eigenvalue weighted by atomic mass is 35.5. The van der Waals surface area contributed by atoms with Crippen molar-refractivity contribution in [2.24, 2.45) is 11.8 Å². The molecule has 1 aromatic heterocycles. The molecule has 2 fully saturated rings. The van der Waals surface area contributed by atoms with Crippen molar-refractivity contribution in [2.75, 3.05) is 24.5 Å². The normalized spacial score (nSPS) is 28.9. The smallest absolute Gasteiger partial charge is 0.287 e. The molecule has 20 heavy (non-hydrogen) atoms. The third-order valence-corrected chi connectivity index (χ3v) is 5.07. The highest BCUT2D eigenvalue weighted by molar-refractivity contribution is 6.33. The van der Waals surface area contributed by atoms with Crippen molar-refractivity contribution in [3.05, 3.63) is 21.6 Å². The summed E-state index contributed by atoms with van der Waals surface area (Å²) in [6, 6.07) is 0.450. The Morgan fingerprint density at radius 2 is 2.25 bits per heavy atom. The van der Waals surface area contributed by atoms with Crippen molar-refractivity contribution >= 4 is 17.3 Å². The lowest BCUT2D eigenvalue weighted by Gasteiger charge is -2.29. The first kappa shape index (κ1) is 13.9. The summed E-state index contributed by atoms with van der Waals surface area (Å²) < 4.78 is 1.41. The lowest BCUT2D eigenvalue weighted by atomic mass is 9.93. The average Bonchev–Trinajstić information content (AvgIpc) is 3.02. The van der Waals surface area contributed by atoms with Gasteiger partial charge in [-0.15, -0.1) is 0 Å². The highest BCUT2D eigenvalue weighted by Gasteiger charge is 2.44. The van der Waals surface area contributed by atoms with Crippen molar-refractivity contribution in [1.29, 1.82) is 0 Å². The van der Waals surface area contributed by atoms with E-state index in [-0.39, 0.29) is 5.56 Å². The van der Waals surface area contributed by atoms with Crippen LogP contribution in [0.25, 0.3) is 0 Å². The fraction of sp³-hybridized carbons (Fsp3) is 0.714. The summed E-state index contributed by atoms with van der Waals surface area (Å²) in [6.07, 6.45) is 2.82. The number of nitrogens with one attached hydrogen (secondary N) is 1. The number of halogens is 1. The number of rotatable bonds is 3. The SMILES string of the molecule is CCC1C2CNCC2CN1c1cnn(CC)c(=O)c1Cl. The number of fused-ring (bicyclic) bond motifs is 1. The van der Waals surface area contributed by atoms with E-state index < -0.39 is 0 Å². The van der Waals surface area contributed by atoms with E-state index in [1.165, 1.54) is 4.68 Å². The van der Waals surface area contributed by atoms with Crippen LogP contribution in [0.15, 0.2) is 11.0 Å². The van der Waals surface area contributed by atoms with Crippen LogP contribution in [-0.4, -0.2) is 35.5 Å². The molecule has 0 aliphatic carbocycles. The molecule has 2 saturated heterocycles. The number of anilines is 1. The fourth-order valence-corrected chi connectivity index (χ4v) is 3.96. The van der Waals surface area contributed by atoms with Gasteiger partial charge in [0.25, 0.3) is 5.56 Å². The number of hydrogen-bond donors (Lipinski definition) is 1. The van der Waals surface area contributed by atoms with Gasteiger partial charge in [0.05, 0.1) is 11.9 Å². The van der Waals surface area contributed by atoms with Gasteiger partial charge in [0.1, 0.15) is 5.02 Å². The van der Waals surface area contributed by atoms with E-state index in [1.807, 2.05) is 6.92 Å². The van der Waals surface area contributed by atoms with Gasteiger partial charge in [-0.1, -0.05) is 18.5 Å². The summed E-state index contributed by atoms with van der Waals surface area (Å²) in [6.45, 7) is 7.74. The molecule has 6 heteroatoms. The minimum Gasteiger partial charge on any atom is -0.365 e. The van der Waals surface area contributed by atoms with Crippen molar-refractivity contribution in [3.8, 4) is 0 Å². The Hall–Kier alpha value is -1.07. The van der Waals surface area contributed by atoms with Gasteiger partial charge in [-0.2, -0.15) is 5.10 Å². The fourth-order valence-electron chi connectivity index (χ4n) is 3.70. The maximum Gasteiger partial charge on any atom is 0.287 e. The van der Waals surface area contributed by atoms with Crippen molar-refractivity contribution in [1.82, 2.24) is 15.1 Å². The molecule has 3 heterocycles. The van der Waals surface area contributed by atoms with Gasteiger partial charge in [0.15, 0.2) is 0 Å². The Bertz CT molecular complexity index is 559. The molecule has 0 aromatic carbocycles. The van der Waals surface area contributed by atoms with E-state index in [9.17, 15) is 4.79 Å². The van der Waals surface area contributed by atoms with E-state index in [1.54, 1.807) is 6.20 Å². The van der Waals surface area contributed by atoms with Gasteiger partial charge in [-0.3, -0.25) is 4.79 Å². The zero-order valence-corrected chi connectivity index (χ0v) is 12.7. The number of aromatic nitrogens is 2. The molecular formula is C14H21ClN4O. The summed E-state index contributed by atoms with van der Waals surface area (Å²) >= 11 is 6.31. The van der Waals surface area contributed by atoms with Gasteiger partial charge < -0.3 is 10.2 Å². The third kappa shape index (κ3) is 2.04. The second-order valence-electron chi connectivity index (χ2n) is 5.67. The van der Waals surface area contributed by atoms with Crippen LogP contribution in [0.3, 0.4) is 0 Å². The first-order chi connectivity index (χ1) is 9.67. The molecule has 1 N–H and O–H groups in total. The molecule has 0 saturated carbocycles. The summed E-state index contributed by atoms with van der Waals surface area (Å²) in [4.78, 5) is 14.4. The van der Waals surface area contributed by atoms with Crippen LogP contribution >= 0.6 is 11.6 Å². The monoisotopic (exact) mass is 296 g/mol. The molecule has 3 atom stereocenters. The molecular weight excluding hydrogens is 276 g/mol. The second-order valence-corrected chi connectivity index (χ2v) is 6.05. The number of hydrogen-bond acceptors (Lipinski definition) is 4. The largest absolute Gasteiger partial charge is 0.365 e. The van der Waals surface area contributed by atoms with Crippen molar-refractivity contribution in [3.63, 3.8) is 0 Å². The average molecular weight is 297 g/mol. The topological polar surface area (TPSA) is 50.2 Å². The van der Waals surface area contributed by atoms with E-state index in [4.69, 9.17) is 11.6 Å². The van der Waals surface area contributed by atoms with E-state index >= 15 is 0 Å². The standard InChI is InChI=1S/C14H21ClN4O/c1-3-11-10-6-16-5-9(10)8-18(11)12-7-17-19(4-2)14(20)13(12)15/h7,9-11,16H,3-6,8H2,1-2H3. The summed E-state index contributed by atoms with van der Waals surface area (Å²) in [7, 11) is 0. The van der Waals surface area contributed by atoms with Crippen LogP contribution in [-0.2, 0) is 6.54 Å². The molecule has 0 amide bonds. The van der Waals surface area contributed by atoms with Crippen LogP contribution in [0.2, 0.25) is 5.02 Å². The second kappa shape index (κ2) is 5.37. The molecule has 0 radical (unpaired) electrons. The first-order valence-electron chi connectivity index (χ1n) is 7.40. The van der Waals surface area contributed by atoms with E-state index in [0.717, 1.165) is 31.7 Å². The molecule has 3 unspecified atom stereocenters. The number of aryl methyl sites for hydroxylation is 1. The quantitative estimate of drug-likeness (QED) is 0.915. The van der Waals surface area contributed by atoms with Gasteiger partial charge in [-0.05, 0) is 25.2 Å². The maximum atomic E-state index is 12.1. The Morgan fingerprint density at radius 1 is 1.45 bits per heavy atom. The predicted molar refractivity (Wildman–Crippen MR) is 80.5 cm³/mol. The van der Waals surface area contributed by atoms with E-state index in [2.05, 4.69) is 22.2 Å².